The summed E-state index contributed by atoms with van der Waals surface area (Å²) < 4.78 is 13.5. The van der Waals surface area contributed by atoms with E-state index in [2.05, 4.69) is 4.98 Å². The van der Waals surface area contributed by atoms with Crippen LogP contribution in [0.4, 0.5) is 4.39 Å². The molecular formula is C22H18FN3O2. The van der Waals surface area contributed by atoms with Gasteiger partial charge in [-0.05, 0) is 41.5 Å². The van der Waals surface area contributed by atoms with Gasteiger partial charge in [-0.25, -0.2) is 4.39 Å². The number of nitrogens with zero attached hydrogens (tertiary/aromatic N) is 2. The zero-order valence-electron chi connectivity index (χ0n) is 15.0. The van der Waals surface area contributed by atoms with E-state index in [1.807, 2.05) is 12.1 Å². The van der Waals surface area contributed by atoms with E-state index in [1.165, 1.54) is 12.1 Å². The summed E-state index contributed by atoms with van der Waals surface area (Å²) in [6, 6.07) is 17.6. The predicted octanol–water partition coefficient (Wildman–Crippen LogP) is 3.19. The fraction of sp³-hybridized carbons (Fsp3) is 0.136. The third-order valence-corrected chi connectivity index (χ3v) is 5.03. The van der Waals surface area contributed by atoms with Crippen molar-refractivity contribution in [3.63, 3.8) is 0 Å². The van der Waals surface area contributed by atoms with Crippen LogP contribution in [0, 0.1) is 5.82 Å². The van der Waals surface area contributed by atoms with Crippen LogP contribution in [0.2, 0.25) is 0 Å². The number of rotatable bonds is 5. The van der Waals surface area contributed by atoms with Gasteiger partial charge < -0.3 is 10.6 Å². The van der Waals surface area contributed by atoms with Gasteiger partial charge in [0.2, 0.25) is 5.91 Å². The molecular weight excluding hydrogens is 357 g/mol. The van der Waals surface area contributed by atoms with Gasteiger partial charge >= 0.3 is 0 Å². The van der Waals surface area contributed by atoms with Crippen molar-refractivity contribution in [2.24, 2.45) is 5.73 Å². The Hall–Kier alpha value is -3.54. The molecule has 0 radical (unpaired) electrons. The van der Waals surface area contributed by atoms with E-state index in [0.717, 1.165) is 5.56 Å². The maximum Gasteiger partial charge on any atom is 0.255 e. The predicted molar refractivity (Wildman–Crippen MR) is 102 cm³/mol. The van der Waals surface area contributed by atoms with Crippen LogP contribution in [0.25, 0.3) is 0 Å². The van der Waals surface area contributed by atoms with Gasteiger partial charge in [0.1, 0.15) is 11.7 Å². The first-order chi connectivity index (χ1) is 13.6. The number of benzene rings is 2. The second-order valence-electron chi connectivity index (χ2n) is 6.72. The average Bonchev–Trinajstić information content (AvgIpc) is 3.04. The summed E-state index contributed by atoms with van der Waals surface area (Å²) in [7, 11) is 0. The molecule has 0 bridgehead atoms. The van der Waals surface area contributed by atoms with Crippen molar-refractivity contribution in [3.8, 4) is 0 Å². The fourth-order valence-electron chi connectivity index (χ4n) is 3.74. The van der Waals surface area contributed by atoms with Gasteiger partial charge in [0.25, 0.3) is 5.91 Å². The SMILES string of the molecule is NC(=O)C(c1ccccn1)C(c1ccc(F)cc1)N1Cc2ccccc2C1=O. The smallest absolute Gasteiger partial charge is 0.255 e. The quantitative estimate of drug-likeness (QED) is 0.744. The molecule has 2 unspecified atom stereocenters. The molecule has 2 amide bonds. The first-order valence-electron chi connectivity index (χ1n) is 8.91. The molecule has 0 saturated heterocycles. The molecule has 1 aliphatic heterocycles. The van der Waals surface area contributed by atoms with Crippen LogP contribution in [0.15, 0.2) is 72.9 Å². The van der Waals surface area contributed by atoms with Crippen molar-refractivity contribution >= 4 is 11.8 Å². The molecule has 5 nitrogen and oxygen atoms in total. The largest absolute Gasteiger partial charge is 0.369 e. The van der Waals surface area contributed by atoms with Crippen LogP contribution >= 0.6 is 0 Å². The minimum atomic E-state index is -0.870. The number of halogens is 1. The maximum absolute atomic E-state index is 13.5. The van der Waals surface area contributed by atoms with Gasteiger partial charge in [-0.3, -0.25) is 14.6 Å². The third kappa shape index (κ3) is 3.13. The highest BCUT2D eigenvalue weighted by atomic mass is 19.1. The summed E-state index contributed by atoms with van der Waals surface area (Å²) >= 11 is 0. The van der Waals surface area contributed by atoms with Crippen LogP contribution in [-0.2, 0) is 11.3 Å². The first-order valence-corrected chi connectivity index (χ1v) is 8.91. The van der Waals surface area contributed by atoms with Crippen LogP contribution in [0.5, 0.6) is 0 Å². The van der Waals surface area contributed by atoms with Crippen molar-refractivity contribution in [1.29, 1.82) is 0 Å². The van der Waals surface area contributed by atoms with Gasteiger partial charge in [0, 0.05) is 18.3 Å². The highest BCUT2D eigenvalue weighted by molar-refractivity contribution is 5.99. The number of primary amides is 1. The van der Waals surface area contributed by atoms with E-state index in [4.69, 9.17) is 5.73 Å². The molecule has 4 rings (SSSR count). The zero-order valence-corrected chi connectivity index (χ0v) is 15.0. The standard InChI is InChI=1S/C22H18FN3O2/c23-16-10-8-14(9-11-16)20(19(21(24)27)18-7-3-4-12-25-18)26-13-15-5-1-2-6-17(15)22(26)28/h1-12,19-20H,13H2,(H2,24,27). The number of carbonyl (C=O) groups is 2. The van der Waals surface area contributed by atoms with Gasteiger partial charge in [-0.2, -0.15) is 0 Å². The van der Waals surface area contributed by atoms with E-state index < -0.39 is 23.7 Å². The van der Waals surface area contributed by atoms with Crippen LogP contribution in [0.1, 0.15) is 39.1 Å². The molecule has 3 aromatic rings. The molecule has 2 atom stereocenters. The number of pyridine rings is 1. The lowest BCUT2D eigenvalue weighted by Crippen LogP contribution is -2.39. The van der Waals surface area contributed by atoms with E-state index >= 15 is 0 Å². The average molecular weight is 375 g/mol. The molecule has 28 heavy (non-hydrogen) atoms. The number of hydrogen-bond acceptors (Lipinski definition) is 3. The Morgan fingerprint density at radius 2 is 1.75 bits per heavy atom. The number of carbonyl (C=O) groups excluding carboxylic acids is 2. The van der Waals surface area contributed by atoms with E-state index in [9.17, 15) is 14.0 Å². The van der Waals surface area contributed by atoms with Gasteiger partial charge in [0.05, 0.1) is 11.7 Å². The number of fused-ring (bicyclic) bond motifs is 1. The molecule has 6 heteroatoms. The van der Waals surface area contributed by atoms with E-state index in [0.29, 0.717) is 23.4 Å². The van der Waals surface area contributed by atoms with Gasteiger partial charge in [0.15, 0.2) is 0 Å². The first kappa shape index (κ1) is 17.9. The molecule has 0 aliphatic carbocycles. The maximum atomic E-state index is 13.5. The molecule has 2 heterocycles. The van der Waals surface area contributed by atoms with Crippen molar-refractivity contribution in [2.75, 3.05) is 0 Å². The Morgan fingerprint density at radius 3 is 2.39 bits per heavy atom. The molecule has 1 aliphatic rings. The molecule has 0 fully saturated rings. The normalized spacial score (nSPS) is 15.2. The Balaban J connectivity index is 1.84. The highest BCUT2D eigenvalue weighted by Gasteiger charge is 2.41. The molecule has 2 aromatic carbocycles. The molecule has 140 valence electrons. The Kier molecular flexibility index (Phi) is 4.61. The highest BCUT2D eigenvalue weighted by Crippen LogP contribution is 2.40. The van der Waals surface area contributed by atoms with Crippen molar-refractivity contribution in [1.82, 2.24) is 9.88 Å². The number of nitrogens with two attached hydrogens (primary N) is 1. The van der Waals surface area contributed by atoms with E-state index in [-0.39, 0.29) is 5.91 Å². The van der Waals surface area contributed by atoms with Crippen molar-refractivity contribution < 1.29 is 14.0 Å². The number of aromatic nitrogens is 1. The Bertz CT molecular complexity index is 1020. The van der Waals surface area contributed by atoms with Crippen molar-refractivity contribution in [2.45, 2.75) is 18.5 Å². The molecule has 2 N–H and O–H groups in total. The lowest BCUT2D eigenvalue weighted by atomic mass is 9.88. The zero-order chi connectivity index (χ0) is 19.7. The minimum Gasteiger partial charge on any atom is -0.369 e. The van der Waals surface area contributed by atoms with Crippen molar-refractivity contribution in [3.05, 3.63) is 101 Å². The summed E-state index contributed by atoms with van der Waals surface area (Å²) in [5, 5.41) is 0. The topological polar surface area (TPSA) is 76.3 Å². The number of hydrogen-bond donors (Lipinski definition) is 1. The Labute approximate surface area is 161 Å². The van der Waals surface area contributed by atoms with Gasteiger partial charge in [-0.15, -0.1) is 0 Å². The summed E-state index contributed by atoms with van der Waals surface area (Å²) in [6.45, 7) is 0.341. The van der Waals surface area contributed by atoms with Crippen LogP contribution in [0.3, 0.4) is 0 Å². The lowest BCUT2D eigenvalue weighted by molar-refractivity contribution is -0.121. The van der Waals surface area contributed by atoms with E-state index in [1.54, 1.807) is 53.6 Å². The molecule has 0 spiro atoms. The lowest BCUT2D eigenvalue weighted by Gasteiger charge is -2.33. The monoisotopic (exact) mass is 375 g/mol. The summed E-state index contributed by atoms with van der Waals surface area (Å²) in [5.74, 6) is -2.05. The molecule has 0 saturated carbocycles. The Morgan fingerprint density at radius 1 is 1.04 bits per heavy atom. The second kappa shape index (κ2) is 7.23. The van der Waals surface area contributed by atoms with Crippen LogP contribution in [-0.4, -0.2) is 21.7 Å². The summed E-state index contributed by atoms with van der Waals surface area (Å²) in [6.07, 6.45) is 1.58. The molecule has 1 aromatic heterocycles. The minimum absolute atomic E-state index is 0.188. The summed E-state index contributed by atoms with van der Waals surface area (Å²) in [5.41, 5.74) is 8.33. The third-order valence-electron chi connectivity index (χ3n) is 5.03. The van der Waals surface area contributed by atoms with Crippen LogP contribution < -0.4 is 5.73 Å². The second-order valence-corrected chi connectivity index (χ2v) is 6.72. The summed E-state index contributed by atoms with van der Waals surface area (Å²) in [4.78, 5) is 31.5. The van der Waals surface area contributed by atoms with Gasteiger partial charge in [-0.1, -0.05) is 36.4 Å². The fourth-order valence-corrected chi connectivity index (χ4v) is 3.74. The number of amides is 2.